The number of nitrogens with zero attached hydrogens (tertiary/aromatic N) is 5. The predicted molar refractivity (Wildman–Crippen MR) is 159 cm³/mol. The van der Waals surface area contributed by atoms with Crippen LogP contribution in [0.1, 0.15) is 43.0 Å². The first-order chi connectivity index (χ1) is 20.1. The Bertz CT molecular complexity index is 1470. The van der Waals surface area contributed by atoms with Gasteiger partial charge in [-0.25, -0.2) is 0 Å². The standard InChI is InChI=1S/C31H38FN5O4Si/c1-21-29(42(2,3)32)27(14-17-35-20-23(15-18-38)33-34-35)41-31(21)25-7-4-5-8-26(25)37(30(31)40)19-22-10-12-24(13-11-22)36-16-6-9-28(36)39/h4-5,7-8,10-13,20-21,27,29,38H,6,9,14-19H2,1-3H3/t21-,27+,29-,31+/m0/s1. The van der Waals surface area contributed by atoms with Gasteiger partial charge in [-0.1, -0.05) is 42.5 Å². The van der Waals surface area contributed by atoms with Gasteiger partial charge in [0.25, 0.3) is 5.91 Å². The topological polar surface area (TPSA) is 101 Å². The molecule has 2 amide bonds. The highest BCUT2D eigenvalue weighted by Crippen LogP contribution is 2.60. The van der Waals surface area contributed by atoms with Crippen molar-refractivity contribution in [2.75, 3.05) is 23.0 Å². The summed E-state index contributed by atoms with van der Waals surface area (Å²) in [5.74, 6) is -0.387. The minimum Gasteiger partial charge on any atom is -0.396 e. The molecule has 0 radical (unpaired) electrons. The Hall–Kier alpha value is -3.41. The molecule has 0 bridgehead atoms. The third-order valence-corrected chi connectivity index (χ3v) is 11.6. The fourth-order valence-corrected chi connectivity index (χ4v) is 9.79. The van der Waals surface area contributed by atoms with Gasteiger partial charge < -0.3 is 23.8 Å². The molecule has 1 N–H and O–H groups in total. The summed E-state index contributed by atoms with van der Waals surface area (Å²) in [5.41, 5.74) is 2.42. The number of aliphatic hydroxyl groups excluding tert-OH is 1. The zero-order valence-corrected chi connectivity index (χ0v) is 25.4. The van der Waals surface area contributed by atoms with Crippen molar-refractivity contribution in [2.45, 2.75) is 76.0 Å². The molecule has 4 atom stereocenters. The number of fused-ring (bicyclic) bond motifs is 2. The highest BCUT2D eigenvalue weighted by atomic mass is 28.4. The van der Waals surface area contributed by atoms with E-state index in [1.807, 2.05) is 55.5 Å². The van der Waals surface area contributed by atoms with Gasteiger partial charge in [-0.05, 0) is 49.7 Å². The Balaban J connectivity index is 1.28. The van der Waals surface area contributed by atoms with E-state index in [1.165, 1.54) is 0 Å². The molecule has 4 heterocycles. The van der Waals surface area contributed by atoms with Gasteiger partial charge in [-0.2, -0.15) is 0 Å². The molecule has 9 nitrogen and oxygen atoms in total. The third kappa shape index (κ3) is 4.87. The van der Waals surface area contributed by atoms with Crippen LogP contribution in [0.15, 0.2) is 54.7 Å². The molecular formula is C31H38FN5O4Si. The van der Waals surface area contributed by atoms with Gasteiger partial charge in [0.05, 0.1) is 24.0 Å². The van der Waals surface area contributed by atoms with Crippen LogP contribution in [0.25, 0.3) is 0 Å². The second kappa shape index (κ2) is 11.0. The summed E-state index contributed by atoms with van der Waals surface area (Å²) < 4.78 is 24.5. The van der Waals surface area contributed by atoms with Crippen LogP contribution < -0.4 is 9.80 Å². The van der Waals surface area contributed by atoms with Crippen LogP contribution in [-0.4, -0.2) is 59.6 Å². The number of rotatable bonds is 9. The zero-order valence-electron chi connectivity index (χ0n) is 24.4. The Labute approximate surface area is 246 Å². The van der Waals surface area contributed by atoms with Gasteiger partial charge in [0.2, 0.25) is 14.3 Å². The molecule has 2 fully saturated rings. The van der Waals surface area contributed by atoms with E-state index in [4.69, 9.17) is 4.74 Å². The average molecular weight is 592 g/mol. The summed E-state index contributed by atoms with van der Waals surface area (Å²) in [6, 6.07) is 15.5. The van der Waals surface area contributed by atoms with Crippen molar-refractivity contribution < 1.29 is 23.5 Å². The van der Waals surface area contributed by atoms with E-state index < -0.39 is 25.7 Å². The van der Waals surface area contributed by atoms with Crippen LogP contribution in [-0.2, 0) is 39.4 Å². The molecular weight excluding hydrogens is 553 g/mol. The fourth-order valence-electron chi connectivity index (χ4n) is 7.25. The largest absolute Gasteiger partial charge is 0.396 e. The molecule has 42 heavy (non-hydrogen) atoms. The maximum Gasteiger partial charge on any atom is 0.264 e. The van der Waals surface area contributed by atoms with Crippen molar-refractivity contribution >= 4 is 31.6 Å². The minimum absolute atomic E-state index is 0.00549. The molecule has 6 rings (SSSR count). The van der Waals surface area contributed by atoms with E-state index in [9.17, 15) is 14.7 Å². The maximum absolute atomic E-state index is 16.0. The molecule has 222 valence electrons. The van der Waals surface area contributed by atoms with Gasteiger partial charge in [0.15, 0.2) is 5.60 Å². The predicted octanol–water partition coefficient (Wildman–Crippen LogP) is 4.35. The van der Waals surface area contributed by atoms with Crippen molar-refractivity contribution in [1.82, 2.24) is 15.0 Å². The lowest BCUT2D eigenvalue weighted by Gasteiger charge is -2.31. The second-order valence-electron chi connectivity index (χ2n) is 12.2. The summed E-state index contributed by atoms with van der Waals surface area (Å²) in [4.78, 5) is 30.2. The average Bonchev–Trinajstić information content (AvgIpc) is 3.72. The number of para-hydroxylation sites is 1. The van der Waals surface area contributed by atoms with Gasteiger partial charge in [-0.3, -0.25) is 14.3 Å². The SMILES string of the molecule is C[C@H]1[C@H]([Si](C)(C)F)[C@@H](CCn2cc(CCO)nn2)O[C@]12C(=O)N(Cc1ccc(N3CCCC3=O)cc1)c1ccccc12. The lowest BCUT2D eigenvalue weighted by Crippen LogP contribution is -2.45. The van der Waals surface area contributed by atoms with E-state index in [0.717, 1.165) is 35.5 Å². The summed E-state index contributed by atoms with van der Waals surface area (Å²) in [6.07, 6.45) is 3.68. The molecule has 2 saturated heterocycles. The van der Waals surface area contributed by atoms with Crippen LogP contribution >= 0.6 is 0 Å². The minimum atomic E-state index is -3.27. The van der Waals surface area contributed by atoms with Crippen LogP contribution in [0.5, 0.6) is 0 Å². The molecule has 3 aliphatic rings. The van der Waals surface area contributed by atoms with E-state index in [2.05, 4.69) is 10.3 Å². The van der Waals surface area contributed by atoms with Gasteiger partial charge in [0.1, 0.15) is 0 Å². The highest BCUT2D eigenvalue weighted by molar-refractivity contribution is 6.72. The van der Waals surface area contributed by atoms with Crippen molar-refractivity contribution in [3.8, 4) is 0 Å². The Morgan fingerprint density at radius 3 is 2.60 bits per heavy atom. The van der Waals surface area contributed by atoms with E-state index in [0.29, 0.717) is 38.0 Å². The summed E-state index contributed by atoms with van der Waals surface area (Å²) in [7, 11) is -3.27. The number of amides is 2. The maximum atomic E-state index is 16.0. The third-order valence-electron chi connectivity index (χ3n) is 9.13. The summed E-state index contributed by atoms with van der Waals surface area (Å²) in [5, 5.41) is 17.5. The Morgan fingerprint density at radius 1 is 1.14 bits per heavy atom. The smallest absolute Gasteiger partial charge is 0.264 e. The Kier molecular flexibility index (Phi) is 7.53. The van der Waals surface area contributed by atoms with Crippen molar-refractivity contribution in [2.24, 2.45) is 5.92 Å². The number of benzene rings is 2. The molecule has 2 aromatic carbocycles. The molecule has 11 heteroatoms. The van der Waals surface area contributed by atoms with Crippen molar-refractivity contribution in [3.63, 3.8) is 0 Å². The molecule has 3 aliphatic heterocycles. The number of ether oxygens (including phenoxy) is 1. The Morgan fingerprint density at radius 2 is 1.90 bits per heavy atom. The first-order valence-corrected chi connectivity index (χ1v) is 17.8. The van der Waals surface area contributed by atoms with E-state index in [1.54, 1.807) is 33.8 Å². The highest BCUT2D eigenvalue weighted by Gasteiger charge is 2.66. The monoisotopic (exact) mass is 591 g/mol. The van der Waals surface area contributed by atoms with Crippen LogP contribution in [0.4, 0.5) is 15.5 Å². The van der Waals surface area contributed by atoms with Crippen molar-refractivity contribution in [1.29, 1.82) is 0 Å². The number of hydrogen-bond donors (Lipinski definition) is 1. The number of aliphatic hydroxyl groups is 1. The zero-order chi connectivity index (χ0) is 29.6. The number of carbonyl (C=O) groups is 2. The normalized spacial score (nSPS) is 25.7. The number of halogens is 1. The molecule has 0 unspecified atom stereocenters. The lowest BCUT2D eigenvalue weighted by atomic mass is 9.82. The number of carbonyl (C=O) groups excluding carboxylic acids is 2. The number of aromatic nitrogens is 3. The van der Waals surface area contributed by atoms with Crippen LogP contribution in [0.3, 0.4) is 0 Å². The number of hydrogen-bond acceptors (Lipinski definition) is 6. The first kappa shape index (κ1) is 28.7. The molecule has 3 aromatic rings. The molecule has 0 saturated carbocycles. The van der Waals surface area contributed by atoms with Gasteiger partial charge in [-0.15, -0.1) is 5.10 Å². The number of anilines is 2. The fraction of sp³-hybridized carbons (Fsp3) is 0.484. The second-order valence-corrected chi connectivity index (χ2v) is 16.0. The van der Waals surface area contributed by atoms with Crippen molar-refractivity contribution in [3.05, 3.63) is 71.5 Å². The molecule has 0 aliphatic carbocycles. The first-order valence-electron chi connectivity index (χ1n) is 14.8. The quantitative estimate of drug-likeness (QED) is 0.293. The summed E-state index contributed by atoms with van der Waals surface area (Å²) >= 11 is 0. The molecule has 1 spiro atoms. The van der Waals surface area contributed by atoms with Gasteiger partial charge >= 0.3 is 0 Å². The lowest BCUT2D eigenvalue weighted by molar-refractivity contribution is -0.146. The van der Waals surface area contributed by atoms with Crippen LogP contribution in [0, 0.1) is 5.92 Å². The van der Waals surface area contributed by atoms with E-state index >= 15 is 4.11 Å². The summed E-state index contributed by atoms with van der Waals surface area (Å²) in [6.45, 7) is 6.91. The van der Waals surface area contributed by atoms with Crippen LogP contribution in [0.2, 0.25) is 18.6 Å². The van der Waals surface area contributed by atoms with Gasteiger partial charge in [0, 0.05) is 61.4 Å². The molecule has 1 aromatic heterocycles. The number of aryl methyl sites for hydroxylation is 1. The van der Waals surface area contributed by atoms with E-state index in [-0.39, 0.29) is 24.3 Å².